The maximum absolute atomic E-state index is 6.41. The van der Waals surface area contributed by atoms with Crippen molar-refractivity contribution in [3.63, 3.8) is 0 Å². The molecule has 17 heavy (non-hydrogen) atoms. The molecule has 2 fully saturated rings. The second kappa shape index (κ2) is 6.35. The highest BCUT2D eigenvalue weighted by atomic mass is 28.4. The van der Waals surface area contributed by atoms with Gasteiger partial charge in [-0.25, -0.2) is 0 Å². The van der Waals surface area contributed by atoms with Gasteiger partial charge in [-0.1, -0.05) is 26.7 Å². The standard InChI is InChI=1S/C14H28O2Si/c1-3-11-15-17(16-12-4-2,13-7-5-8-13)14-9-6-10-14/h13-14H,3-12H2,1-2H3. The van der Waals surface area contributed by atoms with E-state index in [-0.39, 0.29) is 0 Å². The molecule has 0 spiro atoms. The molecule has 0 heterocycles. The third-order valence-corrected chi connectivity index (χ3v) is 9.15. The van der Waals surface area contributed by atoms with Crippen molar-refractivity contribution in [2.45, 2.75) is 76.3 Å². The third-order valence-electron chi connectivity index (χ3n) is 4.41. The average Bonchev–Trinajstić information content (AvgIpc) is 2.18. The fourth-order valence-corrected chi connectivity index (χ4v) is 8.16. The Hall–Kier alpha value is 0.137. The molecule has 0 aromatic rings. The Bertz CT molecular complexity index is 200. The van der Waals surface area contributed by atoms with Gasteiger partial charge in [0, 0.05) is 24.3 Å². The zero-order chi connectivity index (χ0) is 12.1. The largest absolute Gasteiger partial charge is 0.394 e. The van der Waals surface area contributed by atoms with Crippen LogP contribution in [0.25, 0.3) is 0 Å². The molecule has 0 amide bonds. The lowest BCUT2D eigenvalue weighted by atomic mass is 9.98. The lowest BCUT2D eigenvalue weighted by Crippen LogP contribution is -2.55. The van der Waals surface area contributed by atoms with E-state index < -0.39 is 8.56 Å². The van der Waals surface area contributed by atoms with E-state index in [0.717, 1.165) is 37.1 Å². The van der Waals surface area contributed by atoms with Crippen molar-refractivity contribution in [1.29, 1.82) is 0 Å². The first-order valence-corrected chi connectivity index (χ1v) is 9.58. The topological polar surface area (TPSA) is 18.5 Å². The summed E-state index contributed by atoms with van der Waals surface area (Å²) >= 11 is 0. The number of hydrogen-bond acceptors (Lipinski definition) is 2. The molecular formula is C14H28O2Si. The van der Waals surface area contributed by atoms with Crippen molar-refractivity contribution in [2.75, 3.05) is 13.2 Å². The van der Waals surface area contributed by atoms with E-state index >= 15 is 0 Å². The Labute approximate surface area is 107 Å². The van der Waals surface area contributed by atoms with Gasteiger partial charge < -0.3 is 8.85 Å². The van der Waals surface area contributed by atoms with Crippen LogP contribution in [-0.4, -0.2) is 21.8 Å². The Morgan fingerprint density at radius 1 is 0.824 bits per heavy atom. The van der Waals surface area contributed by atoms with Crippen molar-refractivity contribution in [1.82, 2.24) is 0 Å². The highest BCUT2D eigenvalue weighted by molar-refractivity contribution is 6.71. The summed E-state index contributed by atoms with van der Waals surface area (Å²) in [5.74, 6) is 0. The molecule has 100 valence electrons. The van der Waals surface area contributed by atoms with Gasteiger partial charge in [-0.2, -0.15) is 0 Å². The summed E-state index contributed by atoms with van der Waals surface area (Å²) in [5, 5.41) is 0. The van der Waals surface area contributed by atoms with E-state index in [1.807, 2.05) is 0 Å². The van der Waals surface area contributed by atoms with Crippen LogP contribution in [0, 0.1) is 0 Å². The molecule has 3 heteroatoms. The SMILES string of the molecule is CCCO[Si](OCCC)(C1CCC1)C1CCC1. The van der Waals surface area contributed by atoms with Crippen LogP contribution in [-0.2, 0) is 8.85 Å². The Morgan fingerprint density at radius 2 is 1.24 bits per heavy atom. The van der Waals surface area contributed by atoms with Gasteiger partial charge in [0.2, 0.25) is 0 Å². The normalized spacial score (nSPS) is 22.2. The molecule has 2 aliphatic rings. The van der Waals surface area contributed by atoms with Crippen LogP contribution >= 0.6 is 0 Å². The average molecular weight is 256 g/mol. The van der Waals surface area contributed by atoms with Crippen molar-refractivity contribution in [3.05, 3.63) is 0 Å². The van der Waals surface area contributed by atoms with Gasteiger partial charge >= 0.3 is 8.56 Å². The van der Waals surface area contributed by atoms with Gasteiger partial charge in [-0.3, -0.25) is 0 Å². The highest BCUT2D eigenvalue weighted by Gasteiger charge is 2.55. The summed E-state index contributed by atoms with van der Waals surface area (Å²) in [6.07, 6.45) is 10.5. The van der Waals surface area contributed by atoms with Crippen molar-refractivity contribution in [2.24, 2.45) is 0 Å². The van der Waals surface area contributed by atoms with Crippen molar-refractivity contribution < 1.29 is 8.85 Å². The molecule has 0 aliphatic heterocycles. The van der Waals surface area contributed by atoms with Crippen molar-refractivity contribution in [3.8, 4) is 0 Å². The predicted octanol–water partition coefficient (Wildman–Crippen LogP) is 4.39. The van der Waals surface area contributed by atoms with Gasteiger partial charge in [0.25, 0.3) is 0 Å². The van der Waals surface area contributed by atoms with E-state index in [0.29, 0.717) is 0 Å². The summed E-state index contributed by atoms with van der Waals surface area (Å²) < 4.78 is 12.8. The van der Waals surface area contributed by atoms with Crippen LogP contribution in [0.2, 0.25) is 11.1 Å². The molecular weight excluding hydrogens is 228 g/mol. The zero-order valence-electron chi connectivity index (χ0n) is 11.5. The summed E-state index contributed by atoms with van der Waals surface area (Å²) in [6.45, 7) is 6.26. The first-order valence-electron chi connectivity index (χ1n) is 7.61. The fourth-order valence-electron chi connectivity index (χ4n) is 2.99. The van der Waals surface area contributed by atoms with Crippen molar-refractivity contribution >= 4 is 8.56 Å². The number of hydrogen-bond donors (Lipinski definition) is 0. The Morgan fingerprint density at radius 3 is 1.47 bits per heavy atom. The van der Waals surface area contributed by atoms with E-state index in [1.54, 1.807) is 0 Å². The molecule has 2 rings (SSSR count). The van der Waals surface area contributed by atoms with E-state index in [2.05, 4.69) is 13.8 Å². The van der Waals surface area contributed by atoms with Gasteiger partial charge in [-0.05, 0) is 38.5 Å². The summed E-state index contributed by atoms with van der Waals surface area (Å²) in [4.78, 5) is 0. The van der Waals surface area contributed by atoms with Crippen LogP contribution < -0.4 is 0 Å². The van der Waals surface area contributed by atoms with Gasteiger partial charge in [0.1, 0.15) is 0 Å². The van der Waals surface area contributed by atoms with Crippen LogP contribution in [0.15, 0.2) is 0 Å². The summed E-state index contributed by atoms with van der Waals surface area (Å²) in [5.41, 5.74) is 1.62. The Kier molecular flexibility index (Phi) is 5.06. The molecule has 0 N–H and O–H groups in total. The van der Waals surface area contributed by atoms with E-state index in [1.165, 1.54) is 38.5 Å². The lowest BCUT2D eigenvalue weighted by molar-refractivity contribution is 0.123. The minimum Gasteiger partial charge on any atom is -0.394 e. The maximum atomic E-state index is 6.41. The minimum atomic E-state index is -1.87. The van der Waals surface area contributed by atoms with Gasteiger partial charge in [-0.15, -0.1) is 0 Å². The second-order valence-corrected chi connectivity index (χ2v) is 9.33. The molecule has 0 aromatic heterocycles. The van der Waals surface area contributed by atoms with Crippen LogP contribution in [0.3, 0.4) is 0 Å². The van der Waals surface area contributed by atoms with E-state index in [4.69, 9.17) is 8.85 Å². The smallest absolute Gasteiger partial charge is 0.344 e. The first kappa shape index (κ1) is 13.6. The second-order valence-electron chi connectivity index (χ2n) is 5.67. The first-order chi connectivity index (χ1) is 8.33. The van der Waals surface area contributed by atoms with Crippen LogP contribution in [0.4, 0.5) is 0 Å². The molecule has 0 atom stereocenters. The monoisotopic (exact) mass is 256 g/mol. The van der Waals surface area contributed by atoms with Crippen LogP contribution in [0.5, 0.6) is 0 Å². The molecule has 0 bridgehead atoms. The third kappa shape index (κ3) is 2.77. The van der Waals surface area contributed by atoms with Crippen LogP contribution in [0.1, 0.15) is 65.2 Å². The number of rotatable bonds is 8. The molecule has 0 unspecified atom stereocenters. The molecule has 0 aromatic carbocycles. The zero-order valence-corrected chi connectivity index (χ0v) is 12.5. The summed E-state index contributed by atoms with van der Waals surface area (Å²) in [7, 11) is -1.87. The summed E-state index contributed by atoms with van der Waals surface area (Å²) in [6, 6.07) is 0. The highest BCUT2D eigenvalue weighted by Crippen LogP contribution is 2.53. The molecule has 0 radical (unpaired) electrons. The Balaban J connectivity index is 2.03. The van der Waals surface area contributed by atoms with Gasteiger partial charge in [0.15, 0.2) is 0 Å². The molecule has 2 nitrogen and oxygen atoms in total. The maximum Gasteiger partial charge on any atom is 0.344 e. The molecule has 2 saturated carbocycles. The minimum absolute atomic E-state index is 0.811. The van der Waals surface area contributed by atoms with Gasteiger partial charge in [0.05, 0.1) is 0 Å². The molecule has 0 saturated heterocycles. The fraction of sp³-hybridized carbons (Fsp3) is 1.00. The quantitative estimate of drug-likeness (QED) is 0.600. The van der Waals surface area contributed by atoms with E-state index in [9.17, 15) is 0 Å². The lowest BCUT2D eigenvalue weighted by Gasteiger charge is -2.49. The predicted molar refractivity (Wildman–Crippen MR) is 73.4 cm³/mol. The molecule has 2 aliphatic carbocycles.